The first-order valence-corrected chi connectivity index (χ1v) is 16.7. The molecule has 3 amide bonds. The predicted molar refractivity (Wildman–Crippen MR) is 184 cm³/mol. The van der Waals surface area contributed by atoms with Gasteiger partial charge in [0.05, 0.1) is 0 Å². The number of hydrogen-bond acceptors (Lipinski definition) is 5. The Hall–Kier alpha value is -4.34. The summed E-state index contributed by atoms with van der Waals surface area (Å²) in [5.41, 5.74) is 4.75. The molecule has 1 aromatic heterocycles. The van der Waals surface area contributed by atoms with Gasteiger partial charge in [-0.15, -0.1) is 0 Å². The van der Waals surface area contributed by atoms with Crippen LogP contribution in [-0.4, -0.2) is 79.0 Å². The van der Waals surface area contributed by atoms with Gasteiger partial charge in [0, 0.05) is 66.3 Å². The summed E-state index contributed by atoms with van der Waals surface area (Å²) in [6.45, 7) is 2.41. The minimum Gasteiger partial charge on any atom is -0.445 e. The second-order valence-electron chi connectivity index (χ2n) is 13.0. The third kappa shape index (κ3) is 7.80. The minimum atomic E-state index is -0.780. The van der Waals surface area contributed by atoms with Crippen molar-refractivity contribution in [2.24, 2.45) is 11.8 Å². The Morgan fingerprint density at radius 3 is 2.53 bits per heavy atom. The van der Waals surface area contributed by atoms with Crippen molar-refractivity contribution in [1.29, 1.82) is 0 Å². The summed E-state index contributed by atoms with van der Waals surface area (Å²) in [5, 5.41) is 4.83. The predicted octanol–water partition coefficient (Wildman–Crippen LogP) is 5.66. The Balaban J connectivity index is 1.18. The maximum absolute atomic E-state index is 14.6. The Morgan fingerprint density at radius 1 is 1.02 bits per heavy atom. The van der Waals surface area contributed by atoms with Gasteiger partial charge >= 0.3 is 6.09 Å². The lowest BCUT2D eigenvalue weighted by atomic mass is 9.90. The number of aromatic amines is 1. The number of ether oxygens (including phenoxy) is 1. The summed E-state index contributed by atoms with van der Waals surface area (Å²) < 4.78 is 5.51. The number of H-pyrrole nitrogens is 1. The van der Waals surface area contributed by atoms with Crippen molar-refractivity contribution in [2.75, 3.05) is 45.2 Å². The van der Waals surface area contributed by atoms with Gasteiger partial charge in [-0.3, -0.25) is 9.59 Å². The molecule has 2 atom stereocenters. The highest BCUT2D eigenvalue weighted by Crippen LogP contribution is 2.33. The third-order valence-corrected chi connectivity index (χ3v) is 9.45. The molecule has 3 heterocycles. The molecule has 10 heteroatoms. The highest BCUT2D eigenvalue weighted by molar-refractivity contribution is 6.30. The summed E-state index contributed by atoms with van der Waals surface area (Å²) in [6.07, 6.45) is 3.71. The van der Waals surface area contributed by atoms with Gasteiger partial charge in [0.25, 0.3) is 0 Å². The number of hydrogen-bond donors (Lipinski definition) is 2. The zero-order valence-electron chi connectivity index (χ0n) is 27.0. The fourth-order valence-electron chi connectivity index (χ4n) is 6.89. The molecule has 0 radical (unpaired) electrons. The van der Waals surface area contributed by atoms with Crippen molar-refractivity contribution in [3.05, 3.63) is 101 Å². The first-order chi connectivity index (χ1) is 22.7. The van der Waals surface area contributed by atoms with Crippen LogP contribution in [0.15, 0.2) is 79.0 Å². The molecule has 0 saturated carbocycles. The number of nitrogens with zero attached hydrogens (tertiary/aromatic N) is 3. The summed E-state index contributed by atoms with van der Waals surface area (Å²) in [7, 11) is 4.07. The van der Waals surface area contributed by atoms with Crippen molar-refractivity contribution in [3.63, 3.8) is 0 Å². The molecule has 2 aliphatic heterocycles. The molecule has 1 fully saturated rings. The number of carbonyl (C=O) groups is 3. The quantitative estimate of drug-likeness (QED) is 0.242. The minimum absolute atomic E-state index is 0.141. The van der Waals surface area contributed by atoms with E-state index in [2.05, 4.69) is 15.2 Å². The molecule has 47 heavy (non-hydrogen) atoms. The van der Waals surface area contributed by atoms with Crippen LogP contribution in [0.4, 0.5) is 10.5 Å². The molecule has 2 N–H and O–H groups in total. The van der Waals surface area contributed by atoms with Crippen LogP contribution in [0.25, 0.3) is 10.9 Å². The largest absolute Gasteiger partial charge is 0.445 e. The Bertz CT molecular complexity index is 1720. The molecule has 0 bridgehead atoms. The summed E-state index contributed by atoms with van der Waals surface area (Å²) >= 11 is 6.39. The number of benzene rings is 3. The number of aromatic nitrogens is 1. The van der Waals surface area contributed by atoms with E-state index in [1.54, 1.807) is 4.90 Å². The third-order valence-electron chi connectivity index (χ3n) is 9.21. The Kier molecular flexibility index (Phi) is 10.1. The van der Waals surface area contributed by atoms with E-state index in [0.717, 1.165) is 46.2 Å². The molecule has 6 rings (SSSR count). The molecule has 246 valence electrons. The van der Waals surface area contributed by atoms with Crippen molar-refractivity contribution in [1.82, 2.24) is 20.1 Å². The standard InChI is InChI=1S/C37H42ClN5O4/c1-41(2)22-26-18-28-19-30(38)12-13-34(28)43(23-26)36(45)33(20-29-21-39-32-11-7-6-10-31(29)32)40-35(44)27-14-16-42(17-15-27)37(46)47-24-25-8-4-3-5-9-25/h3-13,19,21,26-27,33,39H,14-18,20,22-24H2,1-2H3,(H,40,44)/t26-,33-/m1/s1. The molecule has 0 spiro atoms. The lowest BCUT2D eigenvalue weighted by Crippen LogP contribution is -2.54. The second kappa shape index (κ2) is 14.6. The summed E-state index contributed by atoms with van der Waals surface area (Å²) in [5.74, 6) is -0.410. The van der Waals surface area contributed by atoms with Crippen LogP contribution >= 0.6 is 11.6 Å². The second-order valence-corrected chi connectivity index (χ2v) is 13.4. The smallest absolute Gasteiger partial charge is 0.410 e. The van der Waals surface area contributed by atoms with E-state index < -0.39 is 6.04 Å². The Labute approximate surface area is 280 Å². The molecule has 0 unspecified atom stereocenters. The number of carbonyl (C=O) groups excluding carboxylic acids is 3. The number of piperidine rings is 1. The fraction of sp³-hybridized carbons (Fsp3) is 0.378. The van der Waals surface area contributed by atoms with E-state index in [-0.39, 0.29) is 36.4 Å². The molecular formula is C37H42ClN5O4. The fourth-order valence-corrected chi connectivity index (χ4v) is 7.09. The van der Waals surface area contributed by atoms with Crippen LogP contribution < -0.4 is 10.2 Å². The molecule has 3 aromatic carbocycles. The SMILES string of the molecule is CN(C)C[C@H]1Cc2cc(Cl)ccc2N(C(=O)[C@@H](Cc2c[nH]c3ccccc23)NC(=O)C2CCN(C(=O)OCc3ccccc3)CC2)C1. The first-order valence-electron chi connectivity index (χ1n) is 16.3. The first kappa shape index (κ1) is 32.6. The van der Waals surface area contributed by atoms with Crippen molar-refractivity contribution in [2.45, 2.75) is 38.3 Å². The van der Waals surface area contributed by atoms with Crippen LogP contribution in [0.1, 0.15) is 29.5 Å². The van der Waals surface area contributed by atoms with E-state index in [1.165, 1.54) is 0 Å². The lowest BCUT2D eigenvalue weighted by Gasteiger charge is -2.38. The Morgan fingerprint density at radius 2 is 1.77 bits per heavy atom. The number of rotatable bonds is 9. The highest BCUT2D eigenvalue weighted by atomic mass is 35.5. The van der Waals surface area contributed by atoms with Crippen LogP contribution in [-0.2, 0) is 33.8 Å². The van der Waals surface area contributed by atoms with Gasteiger partial charge in [-0.2, -0.15) is 0 Å². The number of nitrogens with one attached hydrogen (secondary N) is 2. The summed E-state index contributed by atoms with van der Waals surface area (Å²) in [4.78, 5) is 50.1. The molecule has 2 aliphatic rings. The number of halogens is 1. The number of para-hydroxylation sites is 1. The lowest BCUT2D eigenvalue weighted by molar-refractivity contribution is -0.131. The highest BCUT2D eigenvalue weighted by Gasteiger charge is 2.36. The number of fused-ring (bicyclic) bond motifs is 2. The van der Waals surface area contributed by atoms with Gasteiger partial charge in [-0.1, -0.05) is 60.1 Å². The average Bonchev–Trinajstić information content (AvgIpc) is 3.49. The van der Waals surface area contributed by atoms with Crippen LogP contribution in [0.5, 0.6) is 0 Å². The van der Waals surface area contributed by atoms with Gasteiger partial charge in [-0.05, 0) is 80.2 Å². The van der Waals surface area contributed by atoms with Gasteiger partial charge in [0.2, 0.25) is 11.8 Å². The number of anilines is 1. The number of amides is 3. The van der Waals surface area contributed by atoms with Crippen LogP contribution in [0.2, 0.25) is 5.02 Å². The van der Waals surface area contributed by atoms with E-state index in [9.17, 15) is 14.4 Å². The normalized spacial score (nSPS) is 17.4. The van der Waals surface area contributed by atoms with E-state index >= 15 is 0 Å². The summed E-state index contributed by atoms with van der Waals surface area (Å²) in [6, 6.07) is 22.4. The maximum atomic E-state index is 14.6. The average molecular weight is 656 g/mol. The monoisotopic (exact) mass is 655 g/mol. The van der Waals surface area contributed by atoms with E-state index in [0.29, 0.717) is 43.9 Å². The van der Waals surface area contributed by atoms with Gasteiger partial charge < -0.3 is 29.7 Å². The molecule has 9 nitrogen and oxygen atoms in total. The van der Waals surface area contributed by atoms with Gasteiger partial charge in [-0.25, -0.2) is 4.79 Å². The van der Waals surface area contributed by atoms with Crippen LogP contribution in [0.3, 0.4) is 0 Å². The number of likely N-dealkylation sites (tertiary alicyclic amines) is 1. The zero-order valence-corrected chi connectivity index (χ0v) is 27.7. The molecule has 1 saturated heterocycles. The van der Waals surface area contributed by atoms with Crippen LogP contribution in [0, 0.1) is 11.8 Å². The van der Waals surface area contributed by atoms with Crippen molar-refractivity contribution in [3.8, 4) is 0 Å². The van der Waals surface area contributed by atoms with Gasteiger partial charge in [0.15, 0.2) is 0 Å². The van der Waals surface area contributed by atoms with Gasteiger partial charge in [0.1, 0.15) is 12.6 Å². The van der Waals surface area contributed by atoms with E-state index in [4.69, 9.17) is 16.3 Å². The van der Waals surface area contributed by atoms with E-state index in [1.807, 2.05) is 98.0 Å². The molecule has 4 aromatic rings. The van der Waals surface area contributed by atoms with Crippen molar-refractivity contribution < 1.29 is 19.1 Å². The van der Waals surface area contributed by atoms with Crippen molar-refractivity contribution >= 4 is 46.1 Å². The molecular weight excluding hydrogens is 614 g/mol. The topological polar surface area (TPSA) is 98.0 Å². The zero-order chi connectivity index (χ0) is 32.9. The maximum Gasteiger partial charge on any atom is 0.410 e. The molecule has 0 aliphatic carbocycles.